The SMILES string of the molecule is CCOC(C)OC1CCCC1. The summed E-state index contributed by atoms with van der Waals surface area (Å²) in [5, 5.41) is 0. The first-order valence-corrected chi connectivity index (χ1v) is 4.60. The average Bonchev–Trinajstić information content (AvgIpc) is 2.40. The van der Waals surface area contributed by atoms with E-state index in [-0.39, 0.29) is 6.29 Å². The molecule has 0 amide bonds. The molecule has 0 aliphatic heterocycles. The third-order valence-electron chi connectivity index (χ3n) is 2.09. The van der Waals surface area contributed by atoms with Crippen LogP contribution in [0.15, 0.2) is 0 Å². The van der Waals surface area contributed by atoms with Crippen LogP contribution < -0.4 is 0 Å². The zero-order valence-corrected chi connectivity index (χ0v) is 7.51. The van der Waals surface area contributed by atoms with Crippen LogP contribution in [0.3, 0.4) is 0 Å². The van der Waals surface area contributed by atoms with E-state index in [1.807, 2.05) is 13.8 Å². The maximum atomic E-state index is 5.63. The molecule has 0 radical (unpaired) electrons. The van der Waals surface area contributed by atoms with E-state index in [4.69, 9.17) is 9.47 Å². The largest absolute Gasteiger partial charge is 0.353 e. The lowest BCUT2D eigenvalue weighted by molar-refractivity contribution is -0.155. The molecule has 0 aromatic rings. The Morgan fingerprint density at radius 2 is 2.00 bits per heavy atom. The Balaban J connectivity index is 2.08. The molecule has 1 atom stereocenters. The normalized spacial score (nSPS) is 22.4. The monoisotopic (exact) mass is 158 g/mol. The molecule has 1 rings (SSSR count). The number of hydrogen-bond donors (Lipinski definition) is 0. The number of rotatable bonds is 4. The lowest BCUT2D eigenvalue weighted by Gasteiger charge is -2.17. The molecule has 1 saturated carbocycles. The van der Waals surface area contributed by atoms with Crippen LogP contribution in [0.5, 0.6) is 0 Å². The van der Waals surface area contributed by atoms with Crippen molar-refractivity contribution in [1.82, 2.24) is 0 Å². The smallest absolute Gasteiger partial charge is 0.155 e. The van der Waals surface area contributed by atoms with Gasteiger partial charge in [0.1, 0.15) is 0 Å². The number of ether oxygens (including phenoxy) is 2. The molecule has 1 unspecified atom stereocenters. The van der Waals surface area contributed by atoms with E-state index in [0.29, 0.717) is 6.10 Å². The molecule has 2 heteroatoms. The van der Waals surface area contributed by atoms with Crippen molar-refractivity contribution in [3.8, 4) is 0 Å². The lowest BCUT2D eigenvalue weighted by Crippen LogP contribution is -2.19. The van der Waals surface area contributed by atoms with Gasteiger partial charge in [-0.15, -0.1) is 0 Å². The van der Waals surface area contributed by atoms with Crippen LogP contribution in [0.4, 0.5) is 0 Å². The van der Waals surface area contributed by atoms with Crippen molar-refractivity contribution < 1.29 is 9.47 Å². The van der Waals surface area contributed by atoms with Gasteiger partial charge in [0.15, 0.2) is 6.29 Å². The third-order valence-corrected chi connectivity index (χ3v) is 2.09. The van der Waals surface area contributed by atoms with Crippen LogP contribution in [0.25, 0.3) is 0 Å². The zero-order valence-electron chi connectivity index (χ0n) is 7.51. The van der Waals surface area contributed by atoms with Crippen molar-refractivity contribution >= 4 is 0 Å². The van der Waals surface area contributed by atoms with E-state index < -0.39 is 0 Å². The molecule has 11 heavy (non-hydrogen) atoms. The lowest BCUT2D eigenvalue weighted by atomic mass is 10.3. The second-order valence-electron chi connectivity index (χ2n) is 3.07. The zero-order chi connectivity index (χ0) is 8.10. The fourth-order valence-corrected chi connectivity index (χ4v) is 1.57. The average molecular weight is 158 g/mol. The second-order valence-corrected chi connectivity index (χ2v) is 3.07. The molecule has 1 aliphatic carbocycles. The first-order chi connectivity index (χ1) is 5.33. The molecule has 66 valence electrons. The minimum absolute atomic E-state index is 0.0110. The van der Waals surface area contributed by atoms with Gasteiger partial charge in [-0.05, 0) is 26.7 Å². The van der Waals surface area contributed by atoms with Crippen molar-refractivity contribution in [3.63, 3.8) is 0 Å². The van der Waals surface area contributed by atoms with Crippen molar-refractivity contribution in [3.05, 3.63) is 0 Å². The van der Waals surface area contributed by atoms with Crippen LogP contribution in [0.2, 0.25) is 0 Å². The topological polar surface area (TPSA) is 18.5 Å². The molecule has 0 aromatic carbocycles. The summed E-state index contributed by atoms with van der Waals surface area (Å²) in [4.78, 5) is 0. The fraction of sp³-hybridized carbons (Fsp3) is 1.00. The van der Waals surface area contributed by atoms with E-state index in [2.05, 4.69) is 0 Å². The minimum Gasteiger partial charge on any atom is -0.353 e. The van der Waals surface area contributed by atoms with Gasteiger partial charge in [0.2, 0.25) is 0 Å². The third kappa shape index (κ3) is 3.21. The summed E-state index contributed by atoms with van der Waals surface area (Å²) < 4.78 is 10.9. The molecule has 1 fully saturated rings. The molecule has 1 aliphatic rings. The summed E-state index contributed by atoms with van der Waals surface area (Å²) in [6.07, 6.45) is 5.54. The van der Waals surface area contributed by atoms with E-state index in [1.54, 1.807) is 0 Å². The maximum absolute atomic E-state index is 5.63. The van der Waals surface area contributed by atoms with Crippen LogP contribution in [0.1, 0.15) is 39.5 Å². The van der Waals surface area contributed by atoms with Gasteiger partial charge in [0, 0.05) is 6.61 Å². The predicted octanol–water partition coefficient (Wildman–Crippen LogP) is 2.33. The van der Waals surface area contributed by atoms with E-state index in [1.165, 1.54) is 25.7 Å². The standard InChI is InChI=1S/C9H18O2/c1-3-10-8(2)11-9-6-4-5-7-9/h8-9H,3-7H2,1-2H3. The van der Waals surface area contributed by atoms with Gasteiger partial charge in [-0.25, -0.2) is 0 Å². The highest BCUT2D eigenvalue weighted by atomic mass is 16.7. The minimum atomic E-state index is -0.0110. The molecule has 2 nitrogen and oxygen atoms in total. The van der Waals surface area contributed by atoms with E-state index in [0.717, 1.165) is 6.61 Å². The Kier molecular flexibility index (Phi) is 3.87. The quantitative estimate of drug-likeness (QED) is 0.585. The molecular formula is C9H18O2. The summed E-state index contributed by atoms with van der Waals surface area (Å²) in [6, 6.07) is 0. The Labute approximate surface area is 68.9 Å². The van der Waals surface area contributed by atoms with E-state index in [9.17, 15) is 0 Å². The second kappa shape index (κ2) is 4.73. The first-order valence-electron chi connectivity index (χ1n) is 4.60. The first kappa shape index (κ1) is 9.01. The molecular weight excluding hydrogens is 140 g/mol. The molecule has 0 aromatic heterocycles. The van der Waals surface area contributed by atoms with Crippen LogP contribution in [-0.2, 0) is 9.47 Å². The summed E-state index contributed by atoms with van der Waals surface area (Å²) in [7, 11) is 0. The van der Waals surface area contributed by atoms with Gasteiger partial charge < -0.3 is 9.47 Å². The van der Waals surface area contributed by atoms with E-state index >= 15 is 0 Å². The van der Waals surface area contributed by atoms with Gasteiger partial charge >= 0.3 is 0 Å². The summed E-state index contributed by atoms with van der Waals surface area (Å²) in [5.41, 5.74) is 0. The molecule has 0 saturated heterocycles. The predicted molar refractivity (Wildman–Crippen MR) is 44.4 cm³/mol. The maximum Gasteiger partial charge on any atom is 0.155 e. The Morgan fingerprint density at radius 1 is 1.36 bits per heavy atom. The Hall–Kier alpha value is -0.0800. The van der Waals surface area contributed by atoms with Crippen molar-refractivity contribution in [2.45, 2.75) is 51.9 Å². The van der Waals surface area contributed by atoms with Crippen LogP contribution >= 0.6 is 0 Å². The number of hydrogen-bond acceptors (Lipinski definition) is 2. The van der Waals surface area contributed by atoms with Crippen LogP contribution in [-0.4, -0.2) is 19.0 Å². The van der Waals surface area contributed by atoms with Crippen molar-refractivity contribution in [2.24, 2.45) is 0 Å². The van der Waals surface area contributed by atoms with Gasteiger partial charge in [-0.2, -0.15) is 0 Å². The molecule has 0 spiro atoms. The Bertz CT molecular complexity index is 97.7. The summed E-state index contributed by atoms with van der Waals surface area (Å²) in [6.45, 7) is 4.71. The van der Waals surface area contributed by atoms with Crippen molar-refractivity contribution in [2.75, 3.05) is 6.61 Å². The van der Waals surface area contributed by atoms with Gasteiger partial charge in [-0.1, -0.05) is 12.8 Å². The highest BCUT2D eigenvalue weighted by Gasteiger charge is 2.17. The van der Waals surface area contributed by atoms with Gasteiger partial charge in [-0.3, -0.25) is 0 Å². The van der Waals surface area contributed by atoms with Crippen molar-refractivity contribution in [1.29, 1.82) is 0 Å². The highest BCUT2D eigenvalue weighted by molar-refractivity contribution is 4.66. The molecule has 0 bridgehead atoms. The van der Waals surface area contributed by atoms with Gasteiger partial charge in [0.05, 0.1) is 6.10 Å². The summed E-state index contributed by atoms with van der Waals surface area (Å²) in [5.74, 6) is 0. The highest BCUT2D eigenvalue weighted by Crippen LogP contribution is 2.22. The summed E-state index contributed by atoms with van der Waals surface area (Å²) >= 11 is 0. The Morgan fingerprint density at radius 3 is 2.55 bits per heavy atom. The molecule has 0 heterocycles. The molecule has 0 N–H and O–H groups in total. The fourth-order valence-electron chi connectivity index (χ4n) is 1.57. The van der Waals surface area contributed by atoms with Gasteiger partial charge in [0.25, 0.3) is 0 Å². The van der Waals surface area contributed by atoms with Crippen LogP contribution in [0, 0.1) is 0 Å².